The number of carbonyl (C=O) groups is 1. The lowest BCUT2D eigenvalue weighted by atomic mass is 10.00. The zero-order valence-electron chi connectivity index (χ0n) is 12.2. The van der Waals surface area contributed by atoms with E-state index in [4.69, 9.17) is 4.74 Å². The average Bonchev–Trinajstić information content (AvgIpc) is 3.28. The van der Waals surface area contributed by atoms with Gasteiger partial charge in [-0.15, -0.1) is 16.4 Å². The molecule has 8 nitrogen and oxygen atoms in total. The maximum atomic E-state index is 12.7. The van der Waals surface area contributed by atoms with E-state index in [1.165, 1.54) is 11.3 Å². The minimum absolute atomic E-state index is 0.0349. The van der Waals surface area contributed by atoms with Crippen molar-refractivity contribution in [1.29, 1.82) is 0 Å². The number of ether oxygens (including phenoxy) is 1. The van der Waals surface area contributed by atoms with Crippen LogP contribution in [-0.4, -0.2) is 54.4 Å². The molecule has 118 valence electrons. The van der Waals surface area contributed by atoms with E-state index in [0.717, 1.165) is 17.1 Å². The van der Waals surface area contributed by atoms with Crippen molar-refractivity contribution in [3.05, 3.63) is 35.4 Å². The smallest absolute Gasteiger partial charge is 0.274 e. The fraction of sp³-hybridized carbons (Fsp3) is 0.429. The van der Waals surface area contributed by atoms with Crippen LogP contribution < -0.4 is 0 Å². The number of amides is 1. The van der Waals surface area contributed by atoms with Crippen LogP contribution in [0.1, 0.15) is 28.6 Å². The fourth-order valence-corrected chi connectivity index (χ4v) is 4.06. The van der Waals surface area contributed by atoms with Gasteiger partial charge in [0.2, 0.25) is 0 Å². The van der Waals surface area contributed by atoms with E-state index in [1.807, 2.05) is 25.6 Å². The van der Waals surface area contributed by atoms with Gasteiger partial charge in [0, 0.05) is 30.9 Å². The highest BCUT2D eigenvalue weighted by molar-refractivity contribution is 7.15. The molecule has 0 N–H and O–H groups in total. The van der Waals surface area contributed by atoms with Gasteiger partial charge in [-0.2, -0.15) is 0 Å². The van der Waals surface area contributed by atoms with Crippen LogP contribution in [0.25, 0.3) is 4.96 Å². The van der Waals surface area contributed by atoms with E-state index >= 15 is 0 Å². The van der Waals surface area contributed by atoms with Gasteiger partial charge in [-0.1, -0.05) is 5.21 Å². The lowest BCUT2D eigenvalue weighted by molar-refractivity contribution is -0.0628. The molecule has 0 aromatic carbocycles. The Morgan fingerprint density at radius 3 is 3.30 bits per heavy atom. The van der Waals surface area contributed by atoms with Gasteiger partial charge in [-0.3, -0.25) is 9.20 Å². The predicted molar refractivity (Wildman–Crippen MR) is 81.2 cm³/mol. The number of hydrogen-bond acceptors (Lipinski definition) is 6. The highest BCUT2D eigenvalue weighted by atomic mass is 32.1. The monoisotopic (exact) mass is 330 g/mol. The fourth-order valence-electron chi connectivity index (χ4n) is 3.36. The van der Waals surface area contributed by atoms with Crippen molar-refractivity contribution in [2.24, 2.45) is 0 Å². The highest BCUT2D eigenvalue weighted by Gasteiger charge is 2.38. The van der Waals surface area contributed by atoms with E-state index in [9.17, 15) is 4.79 Å². The lowest BCUT2D eigenvalue weighted by Crippen LogP contribution is -2.50. The molecule has 2 atom stereocenters. The molecular weight excluding hydrogens is 316 g/mol. The van der Waals surface area contributed by atoms with Gasteiger partial charge in [-0.05, 0) is 6.42 Å². The van der Waals surface area contributed by atoms with E-state index in [0.29, 0.717) is 25.4 Å². The Morgan fingerprint density at radius 2 is 2.39 bits per heavy atom. The minimum atomic E-state index is -0.0365. The molecule has 1 saturated heterocycles. The van der Waals surface area contributed by atoms with Gasteiger partial charge in [0.15, 0.2) is 4.96 Å². The third kappa shape index (κ3) is 2.00. The summed E-state index contributed by atoms with van der Waals surface area (Å²) < 4.78 is 9.73. The van der Waals surface area contributed by atoms with Crippen LogP contribution >= 0.6 is 11.3 Å². The number of piperidine rings is 1. The molecule has 2 aliphatic rings. The van der Waals surface area contributed by atoms with Crippen LogP contribution in [0.4, 0.5) is 0 Å². The molecule has 3 aromatic heterocycles. The third-order valence-corrected chi connectivity index (χ3v) is 5.30. The van der Waals surface area contributed by atoms with Gasteiger partial charge in [0.25, 0.3) is 5.91 Å². The van der Waals surface area contributed by atoms with Crippen LogP contribution in [0.5, 0.6) is 0 Å². The topological polar surface area (TPSA) is 77.6 Å². The third-order valence-electron chi connectivity index (χ3n) is 4.53. The number of imidazole rings is 1. The molecule has 3 aromatic rings. The Morgan fingerprint density at radius 1 is 1.43 bits per heavy atom. The SMILES string of the molecule is O=C(c1cn2ccsc2n1)N1CC[C@H]2[C@H](C1)OCc1cnnn12. The molecule has 0 radical (unpaired) electrons. The Labute approximate surface area is 135 Å². The molecule has 0 aliphatic carbocycles. The zero-order chi connectivity index (χ0) is 15.4. The van der Waals surface area contributed by atoms with E-state index in [2.05, 4.69) is 15.3 Å². The molecule has 0 spiro atoms. The van der Waals surface area contributed by atoms with Gasteiger partial charge in [-0.25, -0.2) is 9.67 Å². The molecular formula is C14H14N6O2S. The predicted octanol–water partition coefficient (Wildman–Crippen LogP) is 0.973. The first-order chi connectivity index (χ1) is 11.3. The number of aromatic nitrogens is 5. The van der Waals surface area contributed by atoms with Crippen molar-refractivity contribution in [2.75, 3.05) is 13.1 Å². The normalized spacial score (nSPS) is 23.7. The first-order valence-corrected chi connectivity index (χ1v) is 8.40. The van der Waals surface area contributed by atoms with E-state index in [1.54, 1.807) is 12.4 Å². The van der Waals surface area contributed by atoms with Crippen molar-refractivity contribution in [3.8, 4) is 0 Å². The number of rotatable bonds is 1. The van der Waals surface area contributed by atoms with Crippen LogP contribution in [0.3, 0.4) is 0 Å². The Kier molecular flexibility index (Phi) is 2.79. The number of thiazole rings is 1. The second kappa shape index (κ2) is 4.87. The molecule has 9 heteroatoms. The number of nitrogens with zero attached hydrogens (tertiary/aromatic N) is 6. The van der Waals surface area contributed by atoms with Gasteiger partial charge in [0.1, 0.15) is 5.69 Å². The molecule has 2 aliphatic heterocycles. The van der Waals surface area contributed by atoms with Crippen LogP contribution in [0.15, 0.2) is 24.0 Å². The largest absolute Gasteiger partial charge is 0.368 e. The summed E-state index contributed by atoms with van der Waals surface area (Å²) in [6.45, 7) is 1.73. The molecule has 0 saturated carbocycles. The summed E-state index contributed by atoms with van der Waals surface area (Å²) in [7, 11) is 0. The Bertz CT molecular complexity index is 854. The summed E-state index contributed by atoms with van der Waals surface area (Å²) in [4.78, 5) is 19.8. The molecule has 1 amide bonds. The maximum absolute atomic E-state index is 12.7. The first-order valence-electron chi connectivity index (χ1n) is 7.52. The number of carbonyl (C=O) groups excluding carboxylic acids is 1. The van der Waals surface area contributed by atoms with Crippen LogP contribution in [0.2, 0.25) is 0 Å². The van der Waals surface area contributed by atoms with E-state index < -0.39 is 0 Å². The zero-order valence-corrected chi connectivity index (χ0v) is 13.0. The summed E-state index contributed by atoms with van der Waals surface area (Å²) in [5.41, 5.74) is 1.49. The van der Waals surface area contributed by atoms with Crippen molar-refractivity contribution in [1.82, 2.24) is 29.3 Å². The van der Waals surface area contributed by atoms with Crippen molar-refractivity contribution >= 4 is 22.2 Å². The number of likely N-dealkylation sites (tertiary alicyclic amines) is 1. The second-order valence-corrected chi connectivity index (χ2v) is 6.72. The quantitative estimate of drug-likeness (QED) is 0.664. The summed E-state index contributed by atoms with van der Waals surface area (Å²) >= 11 is 1.52. The maximum Gasteiger partial charge on any atom is 0.274 e. The standard InChI is InChI=1S/C14H14N6O2S/c21-13(10-6-19-3-4-23-14(19)16-10)18-2-1-11-12(7-18)22-8-9-5-15-17-20(9)11/h3-6,11-12H,1-2,7-8H2/t11-,12-/m0/s1. The van der Waals surface area contributed by atoms with Crippen molar-refractivity contribution in [2.45, 2.75) is 25.2 Å². The molecule has 23 heavy (non-hydrogen) atoms. The highest BCUT2D eigenvalue weighted by Crippen LogP contribution is 2.31. The van der Waals surface area contributed by atoms with Gasteiger partial charge < -0.3 is 9.64 Å². The summed E-state index contributed by atoms with van der Waals surface area (Å²) in [6, 6.07) is 0.163. The first kappa shape index (κ1) is 13.2. The lowest BCUT2D eigenvalue weighted by Gasteiger charge is -2.40. The minimum Gasteiger partial charge on any atom is -0.368 e. The molecule has 0 unspecified atom stereocenters. The average molecular weight is 330 g/mol. The number of hydrogen-bond donors (Lipinski definition) is 0. The Hall–Kier alpha value is -2.26. The van der Waals surface area contributed by atoms with Crippen molar-refractivity contribution in [3.63, 3.8) is 0 Å². The summed E-state index contributed by atoms with van der Waals surface area (Å²) in [5.74, 6) is -0.0349. The molecule has 0 bridgehead atoms. The van der Waals surface area contributed by atoms with E-state index in [-0.39, 0.29) is 18.1 Å². The Balaban J connectivity index is 1.37. The summed E-state index contributed by atoms with van der Waals surface area (Å²) in [5, 5.41) is 10.1. The molecule has 5 heterocycles. The molecule has 1 fully saturated rings. The van der Waals surface area contributed by atoms with Gasteiger partial charge >= 0.3 is 0 Å². The van der Waals surface area contributed by atoms with Crippen LogP contribution in [-0.2, 0) is 11.3 Å². The van der Waals surface area contributed by atoms with Crippen molar-refractivity contribution < 1.29 is 9.53 Å². The van der Waals surface area contributed by atoms with Crippen LogP contribution in [0, 0.1) is 0 Å². The van der Waals surface area contributed by atoms with Gasteiger partial charge in [0.05, 0.1) is 30.6 Å². The number of fused-ring (bicyclic) bond motifs is 4. The molecule has 5 rings (SSSR count). The second-order valence-electron chi connectivity index (χ2n) is 5.85. The summed E-state index contributed by atoms with van der Waals surface area (Å²) in [6.07, 6.45) is 6.22.